The van der Waals surface area contributed by atoms with Crippen LogP contribution in [-0.4, -0.2) is 49.6 Å². The Balaban J connectivity index is 1.81. The van der Waals surface area contributed by atoms with Crippen molar-refractivity contribution in [2.45, 2.75) is 13.3 Å². The van der Waals surface area contributed by atoms with E-state index in [2.05, 4.69) is 21.2 Å². The van der Waals surface area contributed by atoms with Crippen LogP contribution >= 0.6 is 15.9 Å². The van der Waals surface area contributed by atoms with Gasteiger partial charge in [-0.1, -0.05) is 22.0 Å². The summed E-state index contributed by atoms with van der Waals surface area (Å²) in [6.07, 6.45) is 0.318. The fourth-order valence-corrected chi connectivity index (χ4v) is 2.55. The van der Waals surface area contributed by atoms with Crippen LogP contribution in [0.5, 0.6) is 0 Å². The van der Waals surface area contributed by atoms with Crippen LogP contribution < -0.4 is 5.32 Å². The van der Waals surface area contributed by atoms with Gasteiger partial charge >= 0.3 is 0 Å². The van der Waals surface area contributed by atoms with Gasteiger partial charge in [-0.25, -0.2) is 0 Å². The van der Waals surface area contributed by atoms with E-state index in [4.69, 9.17) is 4.74 Å². The van der Waals surface area contributed by atoms with Crippen LogP contribution in [0.1, 0.15) is 22.3 Å². The molecule has 0 radical (unpaired) electrons. The predicted octanol–water partition coefficient (Wildman–Crippen LogP) is 1.74. The van der Waals surface area contributed by atoms with Gasteiger partial charge in [0.1, 0.15) is 0 Å². The van der Waals surface area contributed by atoms with Crippen LogP contribution in [0.25, 0.3) is 0 Å². The van der Waals surface area contributed by atoms with Crippen molar-refractivity contribution in [1.82, 2.24) is 10.2 Å². The minimum absolute atomic E-state index is 0.0598. The Bertz CT molecular complexity index is 528. The minimum Gasteiger partial charge on any atom is -0.378 e. The molecular formula is C15H19BrN2O3. The molecule has 1 aliphatic rings. The maximum atomic E-state index is 12.1. The number of aryl methyl sites for hydroxylation is 1. The highest BCUT2D eigenvalue weighted by Crippen LogP contribution is 2.15. The summed E-state index contributed by atoms with van der Waals surface area (Å²) in [4.78, 5) is 25.8. The number of halogens is 1. The van der Waals surface area contributed by atoms with Crippen LogP contribution in [0.2, 0.25) is 0 Å². The third-order valence-corrected chi connectivity index (χ3v) is 3.93. The molecule has 0 aromatic heterocycles. The first-order valence-electron chi connectivity index (χ1n) is 6.98. The first-order chi connectivity index (χ1) is 10.1. The Labute approximate surface area is 132 Å². The molecule has 21 heavy (non-hydrogen) atoms. The largest absolute Gasteiger partial charge is 0.378 e. The first kappa shape index (κ1) is 16.0. The summed E-state index contributed by atoms with van der Waals surface area (Å²) < 4.78 is 6.07. The zero-order valence-electron chi connectivity index (χ0n) is 12.0. The van der Waals surface area contributed by atoms with Crippen LogP contribution in [0.4, 0.5) is 0 Å². The molecule has 0 spiro atoms. The number of rotatable bonds is 4. The Morgan fingerprint density at radius 1 is 1.33 bits per heavy atom. The molecular weight excluding hydrogens is 336 g/mol. The number of carbonyl (C=O) groups excluding carboxylic acids is 2. The molecule has 2 rings (SSSR count). The van der Waals surface area contributed by atoms with Crippen molar-refractivity contribution >= 4 is 27.7 Å². The Hall–Kier alpha value is -1.40. The molecule has 114 valence electrons. The van der Waals surface area contributed by atoms with Gasteiger partial charge in [-0.3, -0.25) is 9.59 Å². The summed E-state index contributed by atoms with van der Waals surface area (Å²) in [6.45, 7) is 4.70. The van der Waals surface area contributed by atoms with Crippen LogP contribution in [0, 0.1) is 6.92 Å². The quantitative estimate of drug-likeness (QED) is 0.895. The van der Waals surface area contributed by atoms with E-state index in [1.807, 2.05) is 19.1 Å². The van der Waals surface area contributed by atoms with Crippen molar-refractivity contribution in [3.8, 4) is 0 Å². The highest BCUT2D eigenvalue weighted by atomic mass is 79.9. The van der Waals surface area contributed by atoms with E-state index in [1.54, 1.807) is 11.0 Å². The summed E-state index contributed by atoms with van der Waals surface area (Å²) in [5.74, 6) is -0.0897. The lowest BCUT2D eigenvalue weighted by Gasteiger charge is -2.26. The monoisotopic (exact) mass is 354 g/mol. The second-order valence-corrected chi connectivity index (χ2v) is 5.87. The van der Waals surface area contributed by atoms with E-state index in [1.165, 1.54) is 0 Å². The standard InChI is InChI=1S/C15H19BrN2O3/c1-11-2-3-12(16)10-13(11)15(20)17-5-4-14(19)18-6-8-21-9-7-18/h2-3,10H,4-9H2,1H3,(H,17,20). The second-order valence-electron chi connectivity index (χ2n) is 4.96. The number of hydrogen-bond donors (Lipinski definition) is 1. The number of nitrogens with zero attached hydrogens (tertiary/aromatic N) is 1. The number of hydrogen-bond acceptors (Lipinski definition) is 3. The normalized spacial score (nSPS) is 14.9. The average molecular weight is 355 g/mol. The van der Waals surface area contributed by atoms with Gasteiger partial charge in [-0.2, -0.15) is 0 Å². The van der Waals surface area contributed by atoms with Crippen LogP contribution in [0.3, 0.4) is 0 Å². The lowest BCUT2D eigenvalue weighted by atomic mass is 10.1. The molecule has 2 amide bonds. The molecule has 1 aliphatic heterocycles. The third kappa shape index (κ3) is 4.54. The molecule has 0 aliphatic carbocycles. The Morgan fingerprint density at radius 3 is 2.76 bits per heavy atom. The van der Waals surface area contributed by atoms with Crippen molar-refractivity contribution in [1.29, 1.82) is 0 Å². The van der Waals surface area contributed by atoms with E-state index in [-0.39, 0.29) is 11.8 Å². The minimum atomic E-state index is -0.149. The maximum absolute atomic E-state index is 12.1. The van der Waals surface area contributed by atoms with Crippen molar-refractivity contribution < 1.29 is 14.3 Å². The van der Waals surface area contributed by atoms with Gasteiger partial charge in [-0.05, 0) is 24.6 Å². The molecule has 1 N–H and O–H groups in total. The van der Waals surface area contributed by atoms with Crippen molar-refractivity contribution in [3.63, 3.8) is 0 Å². The van der Waals surface area contributed by atoms with Gasteiger partial charge in [0, 0.05) is 36.1 Å². The Morgan fingerprint density at radius 2 is 2.05 bits per heavy atom. The summed E-state index contributed by atoms with van der Waals surface area (Å²) >= 11 is 3.36. The van der Waals surface area contributed by atoms with Crippen LogP contribution in [0.15, 0.2) is 22.7 Å². The molecule has 0 bridgehead atoms. The van der Waals surface area contributed by atoms with E-state index < -0.39 is 0 Å². The number of amides is 2. The number of carbonyl (C=O) groups is 2. The fraction of sp³-hybridized carbons (Fsp3) is 0.467. The number of benzene rings is 1. The molecule has 0 unspecified atom stereocenters. The van der Waals surface area contributed by atoms with Gasteiger partial charge in [0.05, 0.1) is 13.2 Å². The molecule has 1 fully saturated rings. The van der Waals surface area contributed by atoms with E-state index >= 15 is 0 Å². The predicted molar refractivity (Wildman–Crippen MR) is 83.2 cm³/mol. The van der Waals surface area contributed by atoms with Crippen molar-refractivity contribution in [3.05, 3.63) is 33.8 Å². The highest BCUT2D eigenvalue weighted by Gasteiger charge is 2.17. The lowest BCUT2D eigenvalue weighted by Crippen LogP contribution is -2.42. The zero-order valence-corrected chi connectivity index (χ0v) is 13.6. The Kier molecular flexibility index (Phi) is 5.76. The number of morpholine rings is 1. The molecule has 0 saturated carbocycles. The van der Waals surface area contributed by atoms with Gasteiger partial charge in [0.15, 0.2) is 0 Å². The van der Waals surface area contributed by atoms with E-state index in [0.29, 0.717) is 44.8 Å². The second kappa shape index (κ2) is 7.56. The summed E-state index contributed by atoms with van der Waals surface area (Å²) in [5.41, 5.74) is 1.54. The third-order valence-electron chi connectivity index (χ3n) is 3.43. The summed E-state index contributed by atoms with van der Waals surface area (Å²) in [6, 6.07) is 5.57. The molecule has 6 heteroatoms. The van der Waals surface area contributed by atoms with E-state index in [9.17, 15) is 9.59 Å². The molecule has 5 nitrogen and oxygen atoms in total. The van der Waals surface area contributed by atoms with Gasteiger partial charge in [-0.15, -0.1) is 0 Å². The highest BCUT2D eigenvalue weighted by molar-refractivity contribution is 9.10. The van der Waals surface area contributed by atoms with E-state index in [0.717, 1.165) is 10.0 Å². The summed E-state index contributed by atoms with van der Waals surface area (Å²) in [5, 5.41) is 2.80. The lowest BCUT2D eigenvalue weighted by molar-refractivity contribution is -0.135. The average Bonchev–Trinajstić information content (AvgIpc) is 2.50. The van der Waals surface area contributed by atoms with Gasteiger partial charge in [0.2, 0.25) is 5.91 Å². The summed E-state index contributed by atoms with van der Waals surface area (Å²) in [7, 11) is 0. The van der Waals surface area contributed by atoms with Crippen molar-refractivity contribution in [2.75, 3.05) is 32.8 Å². The van der Waals surface area contributed by atoms with Gasteiger partial charge in [0.25, 0.3) is 5.91 Å². The first-order valence-corrected chi connectivity index (χ1v) is 7.77. The number of ether oxygens (including phenoxy) is 1. The number of nitrogens with one attached hydrogen (secondary N) is 1. The molecule has 1 heterocycles. The molecule has 0 atom stereocenters. The fourth-order valence-electron chi connectivity index (χ4n) is 2.19. The smallest absolute Gasteiger partial charge is 0.251 e. The SMILES string of the molecule is Cc1ccc(Br)cc1C(=O)NCCC(=O)N1CCOCC1. The molecule has 1 saturated heterocycles. The van der Waals surface area contributed by atoms with Crippen LogP contribution in [-0.2, 0) is 9.53 Å². The zero-order chi connectivity index (χ0) is 15.2. The van der Waals surface area contributed by atoms with Crippen molar-refractivity contribution in [2.24, 2.45) is 0 Å². The maximum Gasteiger partial charge on any atom is 0.251 e. The van der Waals surface area contributed by atoms with Gasteiger partial charge < -0.3 is 15.0 Å². The topological polar surface area (TPSA) is 58.6 Å². The molecule has 1 aromatic carbocycles. The molecule has 1 aromatic rings.